The summed E-state index contributed by atoms with van der Waals surface area (Å²) in [5.74, 6) is 0.760. The van der Waals surface area contributed by atoms with Crippen LogP contribution in [-0.4, -0.2) is 49.9 Å². The smallest absolute Gasteiger partial charge is 0.227 e. The van der Waals surface area contributed by atoms with Crippen molar-refractivity contribution in [3.8, 4) is 17.0 Å². The number of ether oxygens (including phenoxy) is 2. The molecule has 3 aromatic carbocycles. The van der Waals surface area contributed by atoms with Gasteiger partial charge in [0.1, 0.15) is 17.3 Å². The van der Waals surface area contributed by atoms with Gasteiger partial charge in [-0.3, -0.25) is 0 Å². The van der Waals surface area contributed by atoms with Crippen molar-refractivity contribution in [1.29, 1.82) is 0 Å². The molecule has 5 rings (SSSR count). The summed E-state index contributed by atoms with van der Waals surface area (Å²) in [4.78, 5) is 11.8. The molecular formula is C29H31FN6O2. The lowest BCUT2D eigenvalue weighted by molar-refractivity contribution is 0.122. The van der Waals surface area contributed by atoms with E-state index in [1.165, 1.54) is 12.1 Å². The van der Waals surface area contributed by atoms with Crippen molar-refractivity contribution in [2.45, 2.75) is 6.92 Å². The van der Waals surface area contributed by atoms with Crippen LogP contribution in [0.3, 0.4) is 0 Å². The highest BCUT2D eigenvalue weighted by atomic mass is 19.1. The Bertz CT molecular complexity index is 1390. The van der Waals surface area contributed by atoms with Crippen LogP contribution in [0.1, 0.15) is 6.92 Å². The summed E-state index contributed by atoms with van der Waals surface area (Å²) < 4.78 is 25.1. The number of anilines is 6. The minimum Gasteiger partial charge on any atom is -0.496 e. The highest BCUT2D eigenvalue weighted by Gasteiger charge is 2.17. The molecule has 0 spiro atoms. The Hall–Kier alpha value is -4.37. The van der Waals surface area contributed by atoms with E-state index in [4.69, 9.17) is 14.5 Å². The fraction of sp³-hybridized carbons (Fsp3) is 0.241. The monoisotopic (exact) mass is 514 g/mol. The third-order valence-corrected chi connectivity index (χ3v) is 6.21. The molecule has 8 nitrogen and oxygen atoms in total. The summed E-state index contributed by atoms with van der Waals surface area (Å²) in [7, 11) is 1.63. The number of nitrogens with zero attached hydrogens (tertiary/aromatic N) is 3. The Morgan fingerprint density at radius 2 is 1.74 bits per heavy atom. The molecule has 0 bridgehead atoms. The highest BCUT2D eigenvalue weighted by molar-refractivity contribution is 5.83. The third kappa shape index (κ3) is 5.95. The van der Waals surface area contributed by atoms with Crippen LogP contribution in [0.4, 0.5) is 38.8 Å². The van der Waals surface area contributed by atoms with Gasteiger partial charge >= 0.3 is 0 Å². The molecule has 1 saturated heterocycles. The predicted octanol–water partition coefficient (Wildman–Crippen LogP) is 6.05. The van der Waals surface area contributed by atoms with Gasteiger partial charge in [-0.25, -0.2) is 14.4 Å². The van der Waals surface area contributed by atoms with Crippen molar-refractivity contribution in [2.75, 3.05) is 60.8 Å². The molecule has 0 radical (unpaired) electrons. The summed E-state index contributed by atoms with van der Waals surface area (Å²) >= 11 is 0. The maximum atomic E-state index is 13.9. The van der Waals surface area contributed by atoms with Gasteiger partial charge in [0.05, 0.1) is 32.2 Å². The van der Waals surface area contributed by atoms with Gasteiger partial charge in [0, 0.05) is 47.9 Å². The van der Waals surface area contributed by atoms with E-state index in [1.807, 2.05) is 37.3 Å². The second-order valence-electron chi connectivity index (χ2n) is 8.81. The number of halogens is 1. The lowest BCUT2D eigenvalue weighted by Crippen LogP contribution is -2.36. The maximum absolute atomic E-state index is 13.9. The van der Waals surface area contributed by atoms with Crippen molar-refractivity contribution in [3.05, 3.63) is 78.7 Å². The quantitative estimate of drug-likeness (QED) is 0.249. The molecule has 0 saturated carbocycles. The first-order chi connectivity index (χ1) is 18.6. The first kappa shape index (κ1) is 25.3. The van der Waals surface area contributed by atoms with E-state index >= 15 is 0 Å². The highest BCUT2D eigenvalue weighted by Crippen LogP contribution is 2.37. The molecule has 1 fully saturated rings. The van der Waals surface area contributed by atoms with E-state index < -0.39 is 0 Å². The Labute approximate surface area is 221 Å². The SMILES string of the molecule is CCNc1ccc(OC)c(-c2nc(Nc3cccc(N4CCOCC4)c3)ncc2Nc2cccc(F)c2)c1. The van der Waals surface area contributed by atoms with Crippen molar-refractivity contribution in [1.82, 2.24) is 9.97 Å². The Morgan fingerprint density at radius 1 is 0.947 bits per heavy atom. The van der Waals surface area contributed by atoms with Crippen molar-refractivity contribution < 1.29 is 13.9 Å². The van der Waals surface area contributed by atoms with Crippen molar-refractivity contribution in [3.63, 3.8) is 0 Å². The van der Waals surface area contributed by atoms with Crippen LogP contribution in [0.2, 0.25) is 0 Å². The van der Waals surface area contributed by atoms with Crippen LogP contribution in [0, 0.1) is 5.82 Å². The molecular weight excluding hydrogens is 483 g/mol. The normalized spacial score (nSPS) is 13.2. The number of rotatable bonds is 9. The Morgan fingerprint density at radius 3 is 2.50 bits per heavy atom. The van der Waals surface area contributed by atoms with E-state index in [0.717, 1.165) is 55.5 Å². The zero-order chi connectivity index (χ0) is 26.3. The minimum atomic E-state index is -0.331. The second-order valence-corrected chi connectivity index (χ2v) is 8.81. The number of nitrogens with one attached hydrogen (secondary N) is 3. The number of hydrogen-bond donors (Lipinski definition) is 3. The van der Waals surface area contributed by atoms with Gasteiger partial charge in [0.25, 0.3) is 0 Å². The lowest BCUT2D eigenvalue weighted by atomic mass is 10.1. The molecule has 196 valence electrons. The predicted molar refractivity (Wildman–Crippen MR) is 151 cm³/mol. The average molecular weight is 515 g/mol. The van der Waals surface area contributed by atoms with E-state index in [0.29, 0.717) is 28.8 Å². The van der Waals surface area contributed by atoms with Gasteiger partial charge in [-0.15, -0.1) is 0 Å². The van der Waals surface area contributed by atoms with Crippen LogP contribution < -0.4 is 25.6 Å². The zero-order valence-corrected chi connectivity index (χ0v) is 21.5. The van der Waals surface area contributed by atoms with E-state index in [2.05, 4.69) is 38.0 Å². The molecule has 1 aliphatic heterocycles. The summed E-state index contributed by atoms with van der Waals surface area (Å²) in [6.07, 6.45) is 1.70. The summed E-state index contributed by atoms with van der Waals surface area (Å²) in [6.45, 7) is 5.96. The van der Waals surface area contributed by atoms with E-state index in [-0.39, 0.29) is 5.82 Å². The van der Waals surface area contributed by atoms with Gasteiger partial charge in [-0.05, 0) is 61.5 Å². The first-order valence-corrected chi connectivity index (χ1v) is 12.6. The van der Waals surface area contributed by atoms with Crippen LogP contribution in [-0.2, 0) is 4.74 Å². The summed E-state index contributed by atoms with van der Waals surface area (Å²) in [6, 6.07) is 20.3. The largest absolute Gasteiger partial charge is 0.496 e. The van der Waals surface area contributed by atoms with Gasteiger partial charge in [0.2, 0.25) is 5.95 Å². The molecule has 0 atom stereocenters. The average Bonchev–Trinajstić information content (AvgIpc) is 2.95. The molecule has 1 aromatic heterocycles. The van der Waals surface area contributed by atoms with Crippen LogP contribution in [0.5, 0.6) is 5.75 Å². The number of hydrogen-bond acceptors (Lipinski definition) is 8. The Balaban J connectivity index is 1.52. The molecule has 9 heteroatoms. The molecule has 0 aliphatic carbocycles. The fourth-order valence-corrected chi connectivity index (χ4v) is 4.40. The van der Waals surface area contributed by atoms with Crippen LogP contribution in [0.25, 0.3) is 11.3 Å². The Kier molecular flexibility index (Phi) is 7.84. The number of aromatic nitrogens is 2. The van der Waals surface area contributed by atoms with E-state index in [9.17, 15) is 4.39 Å². The minimum absolute atomic E-state index is 0.331. The van der Waals surface area contributed by atoms with Crippen molar-refractivity contribution >= 4 is 34.4 Å². The first-order valence-electron chi connectivity index (χ1n) is 12.6. The number of morpholine rings is 1. The number of benzene rings is 3. The van der Waals surface area contributed by atoms with Gasteiger partial charge in [-0.2, -0.15) is 0 Å². The molecule has 3 N–H and O–H groups in total. The second kappa shape index (κ2) is 11.8. The molecule has 1 aliphatic rings. The number of methoxy groups -OCH3 is 1. The van der Waals surface area contributed by atoms with Crippen molar-refractivity contribution in [2.24, 2.45) is 0 Å². The van der Waals surface area contributed by atoms with Gasteiger partial charge < -0.3 is 30.3 Å². The third-order valence-electron chi connectivity index (χ3n) is 6.21. The van der Waals surface area contributed by atoms with Gasteiger partial charge in [0.15, 0.2) is 0 Å². The lowest BCUT2D eigenvalue weighted by Gasteiger charge is -2.29. The molecule has 0 unspecified atom stereocenters. The molecule has 4 aromatic rings. The standard InChI is InChI=1S/C29H31FN6O2/c1-3-31-21-10-11-27(37-2)25(18-21)28-26(33-22-7-4-6-20(30)16-22)19-32-29(35-28)34-23-8-5-9-24(17-23)36-12-14-38-15-13-36/h4-11,16-19,31,33H,3,12-15H2,1-2H3,(H,32,34,35). The summed E-state index contributed by atoms with van der Waals surface area (Å²) in [5, 5.41) is 9.96. The zero-order valence-electron chi connectivity index (χ0n) is 21.5. The van der Waals surface area contributed by atoms with Crippen LogP contribution >= 0.6 is 0 Å². The topological polar surface area (TPSA) is 83.6 Å². The van der Waals surface area contributed by atoms with Crippen LogP contribution in [0.15, 0.2) is 72.9 Å². The van der Waals surface area contributed by atoms with E-state index in [1.54, 1.807) is 25.4 Å². The molecule has 2 heterocycles. The summed E-state index contributed by atoms with van der Waals surface area (Å²) in [5.41, 5.74) is 5.53. The molecule has 0 amide bonds. The fourth-order valence-electron chi connectivity index (χ4n) is 4.40. The maximum Gasteiger partial charge on any atom is 0.227 e. The van der Waals surface area contributed by atoms with Gasteiger partial charge in [-0.1, -0.05) is 12.1 Å². The molecule has 38 heavy (non-hydrogen) atoms.